The molecule has 4 nitrogen and oxygen atoms in total. The van der Waals surface area contributed by atoms with E-state index >= 15 is 0 Å². The summed E-state index contributed by atoms with van der Waals surface area (Å²) in [5.74, 6) is -1.13. The summed E-state index contributed by atoms with van der Waals surface area (Å²) in [7, 11) is 0. The van der Waals surface area contributed by atoms with E-state index in [-0.39, 0.29) is 11.5 Å². The summed E-state index contributed by atoms with van der Waals surface area (Å²) in [5.41, 5.74) is 2.85. The van der Waals surface area contributed by atoms with E-state index in [9.17, 15) is 9.59 Å². The second-order valence-electron chi connectivity index (χ2n) is 5.43. The van der Waals surface area contributed by atoms with E-state index in [1.165, 1.54) is 23.9 Å². The van der Waals surface area contributed by atoms with Crippen LogP contribution in [0, 0.1) is 0 Å². The van der Waals surface area contributed by atoms with E-state index in [0.717, 1.165) is 23.2 Å². The molecule has 0 spiro atoms. The predicted octanol–water partition coefficient (Wildman–Crippen LogP) is 4.35. The van der Waals surface area contributed by atoms with Gasteiger partial charge in [0.15, 0.2) is 4.32 Å². The van der Waals surface area contributed by atoms with Gasteiger partial charge in [-0.05, 0) is 41.8 Å². The Morgan fingerprint density at radius 2 is 1.88 bits per heavy atom. The third-order valence-corrected chi connectivity index (χ3v) is 5.16. The number of thioether (sulfide) groups is 1. The SMILES string of the molecule is CCc1ccccc1N1C(=O)/C(=C/c2ccc(C(=O)O)cc2)SC1=S. The van der Waals surface area contributed by atoms with Crippen LogP contribution in [-0.4, -0.2) is 21.3 Å². The van der Waals surface area contributed by atoms with E-state index in [4.69, 9.17) is 17.3 Å². The van der Waals surface area contributed by atoms with Crippen molar-refractivity contribution in [3.8, 4) is 0 Å². The van der Waals surface area contributed by atoms with Crippen LogP contribution >= 0.6 is 24.0 Å². The van der Waals surface area contributed by atoms with Crippen molar-refractivity contribution < 1.29 is 14.7 Å². The number of carbonyl (C=O) groups is 2. The Hall–Kier alpha value is -2.44. The van der Waals surface area contributed by atoms with Gasteiger partial charge in [-0.1, -0.05) is 61.2 Å². The first-order chi connectivity index (χ1) is 12.0. The van der Waals surface area contributed by atoms with Gasteiger partial charge in [-0.25, -0.2) is 4.79 Å². The van der Waals surface area contributed by atoms with E-state index < -0.39 is 5.97 Å². The van der Waals surface area contributed by atoms with Crippen LogP contribution < -0.4 is 4.90 Å². The average Bonchev–Trinajstić information content (AvgIpc) is 2.89. The highest BCUT2D eigenvalue weighted by Crippen LogP contribution is 2.37. The molecule has 1 fully saturated rings. The Balaban J connectivity index is 1.92. The van der Waals surface area contributed by atoms with Gasteiger partial charge in [0.1, 0.15) is 0 Å². The van der Waals surface area contributed by atoms with Crippen LogP contribution in [0.25, 0.3) is 6.08 Å². The molecular formula is C19H15NO3S2. The molecule has 1 aliphatic rings. The molecule has 6 heteroatoms. The van der Waals surface area contributed by atoms with E-state index in [0.29, 0.717) is 9.23 Å². The maximum absolute atomic E-state index is 12.8. The number of carbonyl (C=O) groups excluding carboxylic acids is 1. The van der Waals surface area contributed by atoms with E-state index in [1.807, 2.05) is 31.2 Å². The number of rotatable bonds is 4. The molecule has 0 radical (unpaired) electrons. The third-order valence-electron chi connectivity index (χ3n) is 3.86. The van der Waals surface area contributed by atoms with Gasteiger partial charge < -0.3 is 5.11 Å². The van der Waals surface area contributed by atoms with Crippen LogP contribution in [-0.2, 0) is 11.2 Å². The summed E-state index contributed by atoms with van der Waals surface area (Å²) in [4.78, 5) is 25.8. The standard InChI is InChI=1S/C19H15NO3S2/c1-2-13-5-3-4-6-15(13)20-17(21)16(25-19(20)24)11-12-7-9-14(10-8-12)18(22)23/h3-11H,2H2,1H3,(H,22,23)/b16-11-. The van der Waals surface area contributed by atoms with Crippen molar-refractivity contribution in [1.82, 2.24) is 0 Å². The second kappa shape index (κ2) is 7.21. The van der Waals surface area contributed by atoms with Gasteiger partial charge >= 0.3 is 5.97 Å². The Kier molecular flexibility index (Phi) is 5.01. The minimum absolute atomic E-state index is 0.154. The number of para-hydroxylation sites is 1. The number of anilines is 1. The monoisotopic (exact) mass is 369 g/mol. The van der Waals surface area contributed by atoms with Gasteiger partial charge in [0.25, 0.3) is 5.91 Å². The van der Waals surface area contributed by atoms with Crippen LogP contribution in [0.3, 0.4) is 0 Å². The number of amides is 1. The van der Waals surface area contributed by atoms with Gasteiger partial charge in [0.05, 0.1) is 16.2 Å². The summed E-state index contributed by atoms with van der Waals surface area (Å²) in [6.07, 6.45) is 2.54. The number of hydrogen-bond acceptors (Lipinski definition) is 4. The lowest BCUT2D eigenvalue weighted by atomic mass is 10.1. The summed E-state index contributed by atoms with van der Waals surface area (Å²) in [5, 5.41) is 8.95. The quantitative estimate of drug-likeness (QED) is 0.641. The second-order valence-corrected chi connectivity index (χ2v) is 7.10. The number of aryl methyl sites for hydroxylation is 1. The Bertz CT molecular complexity index is 888. The maximum Gasteiger partial charge on any atom is 0.335 e. The molecular weight excluding hydrogens is 354 g/mol. The molecule has 3 rings (SSSR count). The molecule has 126 valence electrons. The van der Waals surface area contributed by atoms with Crippen LogP contribution in [0.15, 0.2) is 53.4 Å². The van der Waals surface area contributed by atoms with Crippen molar-refractivity contribution in [2.75, 3.05) is 4.90 Å². The van der Waals surface area contributed by atoms with E-state index in [2.05, 4.69) is 0 Å². The fourth-order valence-electron chi connectivity index (χ4n) is 2.58. The Morgan fingerprint density at radius 1 is 1.20 bits per heavy atom. The highest BCUT2D eigenvalue weighted by molar-refractivity contribution is 8.27. The zero-order valence-corrected chi connectivity index (χ0v) is 15.1. The third kappa shape index (κ3) is 3.50. The normalized spacial score (nSPS) is 15.9. The first-order valence-electron chi connectivity index (χ1n) is 7.70. The number of aromatic carboxylic acids is 1. The molecule has 0 aliphatic carbocycles. The average molecular weight is 369 g/mol. The molecule has 1 saturated heterocycles. The highest BCUT2D eigenvalue weighted by atomic mass is 32.2. The molecule has 2 aromatic rings. The fraction of sp³-hybridized carbons (Fsp3) is 0.105. The van der Waals surface area contributed by atoms with Crippen LogP contribution in [0.1, 0.15) is 28.4 Å². The molecule has 2 aromatic carbocycles. The molecule has 0 unspecified atom stereocenters. The van der Waals surface area contributed by atoms with Crippen molar-refractivity contribution in [3.05, 3.63) is 70.1 Å². The molecule has 1 aliphatic heterocycles. The molecule has 1 heterocycles. The minimum atomic E-state index is -0.978. The number of benzene rings is 2. The molecule has 25 heavy (non-hydrogen) atoms. The van der Waals surface area contributed by atoms with Gasteiger partial charge in [0, 0.05) is 0 Å². The predicted molar refractivity (Wildman–Crippen MR) is 105 cm³/mol. The van der Waals surface area contributed by atoms with Crippen LogP contribution in [0.2, 0.25) is 0 Å². The zero-order chi connectivity index (χ0) is 18.0. The summed E-state index contributed by atoms with van der Waals surface area (Å²) in [6.45, 7) is 2.04. The molecule has 1 N–H and O–H groups in total. The maximum atomic E-state index is 12.8. The van der Waals surface area contributed by atoms with Gasteiger partial charge in [-0.15, -0.1) is 0 Å². The molecule has 0 aromatic heterocycles. The number of hydrogen-bond donors (Lipinski definition) is 1. The Morgan fingerprint density at radius 3 is 2.52 bits per heavy atom. The van der Waals surface area contributed by atoms with Crippen molar-refractivity contribution >= 4 is 51.9 Å². The summed E-state index contributed by atoms with van der Waals surface area (Å²) < 4.78 is 0.499. The lowest BCUT2D eigenvalue weighted by Gasteiger charge is -2.18. The largest absolute Gasteiger partial charge is 0.478 e. The first kappa shape index (κ1) is 17.4. The highest BCUT2D eigenvalue weighted by Gasteiger charge is 2.34. The molecule has 0 atom stereocenters. The summed E-state index contributed by atoms with van der Waals surface area (Å²) in [6, 6.07) is 14.1. The van der Waals surface area contributed by atoms with E-state index in [1.54, 1.807) is 23.1 Å². The number of nitrogens with zero attached hydrogens (tertiary/aromatic N) is 1. The van der Waals surface area contributed by atoms with Crippen molar-refractivity contribution in [2.45, 2.75) is 13.3 Å². The molecule has 0 bridgehead atoms. The van der Waals surface area contributed by atoms with Gasteiger partial charge in [-0.2, -0.15) is 0 Å². The molecule has 0 saturated carbocycles. The van der Waals surface area contributed by atoms with Crippen molar-refractivity contribution in [2.24, 2.45) is 0 Å². The first-order valence-corrected chi connectivity index (χ1v) is 8.93. The lowest BCUT2D eigenvalue weighted by molar-refractivity contribution is -0.113. The van der Waals surface area contributed by atoms with Gasteiger partial charge in [0.2, 0.25) is 0 Å². The molecule has 1 amide bonds. The summed E-state index contributed by atoms with van der Waals surface area (Å²) >= 11 is 6.66. The fourth-order valence-corrected chi connectivity index (χ4v) is 3.86. The minimum Gasteiger partial charge on any atom is -0.478 e. The number of carboxylic acid groups (broad SMARTS) is 1. The zero-order valence-electron chi connectivity index (χ0n) is 13.4. The topological polar surface area (TPSA) is 57.6 Å². The van der Waals surface area contributed by atoms with Crippen molar-refractivity contribution in [1.29, 1.82) is 0 Å². The van der Waals surface area contributed by atoms with Crippen LogP contribution in [0.5, 0.6) is 0 Å². The lowest BCUT2D eigenvalue weighted by Crippen LogP contribution is -2.28. The number of carboxylic acids is 1. The smallest absolute Gasteiger partial charge is 0.335 e. The Labute approximate surface area is 155 Å². The number of thiocarbonyl (C=S) groups is 1. The van der Waals surface area contributed by atoms with Crippen molar-refractivity contribution in [3.63, 3.8) is 0 Å². The van der Waals surface area contributed by atoms with Crippen LogP contribution in [0.4, 0.5) is 5.69 Å². The van der Waals surface area contributed by atoms with Gasteiger partial charge in [-0.3, -0.25) is 9.69 Å².